The Morgan fingerprint density at radius 1 is 1.64 bits per heavy atom. The van der Waals surface area contributed by atoms with E-state index in [0.29, 0.717) is 0 Å². The summed E-state index contributed by atoms with van der Waals surface area (Å²) in [6.07, 6.45) is -2.83. The van der Waals surface area contributed by atoms with Crippen LogP contribution in [0.1, 0.15) is 23.2 Å². The molecule has 0 spiro atoms. The number of aliphatic hydroxyl groups is 1. The van der Waals surface area contributed by atoms with E-state index in [0.717, 1.165) is 6.07 Å². The molecule has 0 aromatic carbocycles. The van der Waals surface area contributed by atoms with Crippen molar-refractivity contribution in [1.82, 2.24) is 4.98 Å². The van der Waals surface area contributed by atoms with E-state index in [-0.39, 0.29) is 11.1 Å². The third-order valence-corrected chi connectivity index (χ3v) is 1.65. The maximum Gasteiger partial charge on any atom is 0.278 e. The van der Waals surface area contributed by atoms with Gasteiger partial charge in [-0.2, -0.15) is 5.26 Å². The molecule has 14 heavy (non-hydrogen) atoms. The number of nitrogens with zero attached hydrogens (tertiary/aromatic N) is 1. The third kappa shape index (κ3) is 1.78. The molecule has 6 heteroatoms. The highest BCUT2D eigenvalue weighted by atomic mass is 19.3. The highest BCUT2D eigenvalue weighted by molar-refractivity contribution is 5.36. The quantitative estimate of drug-likeness (QED) is 0.736. The number of H-pyrrole nitrogens is 1. The topological polar surface area (TPSA) is 76.9 Å². The van der Waals surface area contributed by atoms with Crippen molar-refractivity contribution in [2.75, 3.05) is 0 Å². The van der Waals surface area contributed by atoms with Crippen LogP contribution in [0.5, 0.6) is 0 Å². The lowest BCUT2D eigenvalue weighted by atomic mass is 10.1. The van der Waals surface area contributed by atoms with Crippen LogP contribution in [0.25, 0.3) is 0 Å². The average molecular weight is 200 g/mol. The van der Waals surface area contributed by atoms with E-state index in [2.05, 4.69) is 0 Å². The minimum absolute atomic E-state index is 0.0912. The van der Waals surface area contributed by atoms with Gasteiger partial charge < -0.3 is 10.1 Å². The van der Waals surface area contributed by atoms with E-state index in [1.807, 2.05) is 4.98 Å². The number of hydrogen-bond acceptors (Lipinski definition) is 3. The van der Waals surface area contributed by atoms with Crippen LogP contribution in [-0.2, 0) is 6.61 Å². The highest BCUT2D eigenvalue weighted by Crippen LogP contribution is 2.16. The number of halogens is 2. The predicted octanol–water partition coefficient (Wildman–Crippen LogP) is 0.676. The Labute approximate surface area is 77.4 Å². The van der Waals surface area contributed by atoms with Crippen LogP contribution in [0.15, 0.2) is 10.9 Å². The van der Waals surface area contributed by atoms with Gasteiger partial charge in [0.2, 0.25) is 0 Å². The van der Waals surface area contributed by atoms with Gasteiger partial charge in [-0.1, -0.05) is 0 Å². The molecule has 0 saturated heterocycles. The molecule has 74 valence electrons. The van der Waals surface area contributed by atoms with Crippen LogP contribution in [0.2, 0.25) is 0 Å². The zero-order valence-corrected chi connectivity index (χ0v) is 6.92. The molecule has 0 bridgehead atoms. The van der Waals surface area contributed by atoms with Crippen molar-refractivity contribution in [2.24, 2.45) is 0 Å². The summed E-state index contributed by atoms with van der Waals surface area (Å²) in [4.78, 5) is 12.9. The maximum absolute atomic E-state index is 12.2. The smallest absolute Gasteiger partial charge is 0.278 e. The van der Waals surface area contributed by atoms with E-state index in [1.54, 1.807) is 0 Å². The minimum atomic E-state index is -2.83. The summed E-state index contributed by atoms with van der Waals surface area (Å²) in [6, 6.07) is 2.44. The zero-order chi connectivity index (χ0) is 10.7. The predicted molar refractivity (Wildman–Crippen MR) is 42.7 cm³/mol. The van der Waals surface area contributed by atoms with Gasteiger partial charge in [0.1, 0.15) is 11.6 Å². The van der Waals surface area contributed by atoms with Crippen molar-refractivity contribution >= 4 is 0 Å². The van der Waals surface area contributed by atoms with Crippen molar-refractivity contribution in [3.8, 4) is 6.07 Å². The van der Waals surface area contributed by atoms with Gasteiger partial charge in [-0.05, 0) is 6.07 Å². The summed E-state index contributed by atoms with van der Waals surface area (Å²) < 4.78 is 24.3. The van der Waals surface area contributed by atoms with E-state index in [4.69, 9.17) is 10.4 Å². The van der Waals surface area contributed by atoms with Gasteiger partial charge in [-0.15, -0.1) is 0 Å². The standard InChI is InChI=1S/C8H6F2N2O2/c9-7(10)6-1-4(3-13)5(2-11)8(14)12-6/h1,7,13H,3H2,(H,12,14). The normalized spacial score (nSPS) is 10.2. The Morgan fingerprint density at radius 2 is 2.29 bits per heavy atom. The van der Waals surface area contributed by atoms with Crippen LogP contribution in [0, 0.1) is 11.3 Å². The first-order chi connectivity index (χ1) is 6.60. The molecule has 1 aromatic heterocycles. The Hall–Kier alpha value is -1.74. The Morgan fingerprint density at radius 3 is 2.71 bits per heavy atom. The summed E-state index contributed by atoms with van der Waals surface area (Å²) in [5.41, 5.74) is -1.93. The Balaban J connectivity index is 3.41. The largest absolute Gasteiger partial charge is 0.392 e. The van der Waals surface area contributed by atoms with Crippen LogP contribution >= 0.6 is 0 Å². The third-order valence-electron chi connectivity index (χ3n) is 1.65. The van der Waals surface area contributed by atoms with Gasteiger partial charge in [-0.3, -0.25) is 4.79 Å². The van der Waals surface area contributed by atoms with Crippen LogP contribution < -0.4 is 5.56 Å². The summed E-state index contributed by atoms with van der Waals surface area (Å²) >= 11 is 0. The van der Waals surface area contributed by atoms with Crippen LogP contribution in [-0.4, -0.2) is 10.1 Å². The molecular formula is C8H6F2N2O2. The molecule has 0 aliphatic heterocycles. The van der Waals surface area contributed by atoms with Crippen molar-refractivity contribution in [1.29, 1.82) is 5.26 Å². The molecule has 0 fully saturated rings. The summed E-state index contributed by atoms with van der Waals surface area (Å²) in [7, 11) is 0. The van der Waals surface area contributed by atoms with Crippen molar-refractivity contribution in [3.05, 3.63) is 33.2 Å². The number of rotatable bonds is 2. The minimum Gasteiger partial charge on any atom is -0.392 e. The molecular weight excluding hydrogens is 194 g/mol. The molecule has 0 radical (unpaired) electrons. The highest BCUT2D eigenvalue weighted by Gasteiger charge is 2.13. The Kier molecular flexibility index (Phi) is 2.94. The van der Waals surface area contributed by atoms with E-state index < -0.39 is 24.3 Å². The summed E-state index contributed by atoms with van der Waals surface area (Å²) in [6.45, 7) is -0.619. The van der Waals surface area contributed by atoms with Gasteiger partial charge in [0.05, 0.1) is 12.3 Å². The van der Waals surface area contributed by atoms with Crippen LogP contribution in [0.4, 0.5) is 8.78 Å². The molecule has 0 atom stereocenters. The zero-order valence-electron chi connectivity index (χ0n) is 6.92. The van der Waals surface area contributed by atoms with E-state index >= 15 is 0 Å². The summed E-state index contributed by atoms with van der Waals surface area (Å²) in [5, 5.41) is 17.2. The molecule has 1 heterocycles. The van der Waals surface area contributed by atoms with E-state index in [1.165, 1.54) is 6.07 Å². The van der Waals surface area contributed by atoms with E-state index in [9.17, 15) is 13.6 Å². The summed E-state index contributed by atoms with van der Waals surface area (Å²) in [5.74, 6) is 0. The molecule has 0 amide bonds. The molecule has 1 rings (SSSR count). The number of nitrogens with one attached hydrogen (secondary N) is 1. The fourth-order valence-electron chi connectivity index (χ4n) is 1.00. The van der Waals surface area contributed by atoms with Crippen molar-refractivity contribution in [3.63, 3.8) is 0 Å². The fraction of sp³-hybridized carbons (Fsp3) is 0.250. The Bertz CT molecular complexity index is 434. The molecule has 0 saturated carbocycles. The molecule has 0 aliphatic rings. The second-order valence-corrected chi connectivity index (χ2v) is 2.52. The van der Waals surface area contributed by atoms with Crippen LogP contribution in [0.3, 0.4) is 0 Å². The molecule has 4 nitrogen and oxygen atoms in total. The number of aromatic amines is 1. The first-order valence-electron chi connectivity index (χ1n) is 3.65. The maximum atomic E-state index is 12.2. The van der Waals surface area contributed by atoms with Crippen molar-refractivity contribution in [2.45, 2.75) is 13.0 Å². The number of nitriles is 1. The van der Waals surface area contributed by atoms with Gasteiger partial charge in [0.15, 0.2) is 0 Å². The average Bonchev–Trinajstić information content (AvgIpc) is 2.16. The first kappa shape index (κ1) is 10.3. The lowest BCUT2D eigenvalue weighted by Gasteiger charge is -2.03. The fourth-order valence-corrected chi connectivity index (χ4v) is 1.00. The number of alkyl halides is 2. The van der Waals surface area contributed by atoms with Gasteiger partial charge >= 0.3 is 0 Å². The lowest BCUT2D eigenvalue weighted by Crippen LogP contribution is -2.16. The number of hydrogen-bond donors (Lipinski definition) is 2. The molecule has 0 aliphatic carbocycles. The number of aromatic nitrogens is 1. The monoisotopic (exact) mass is 200 g/mol. The van der Waals surface area contributed by atoms with Gasteiger partial charge in [-0.25, -0.2) is 8.78 Å². The second-order valence-electron chi connectivity index (χ2n) is 2.52. The van der Waals surface area contributed by atoms with Crippen molar-refractivity contribution < 1.29 is 13.9 Å². The molecule has 0 unspecified atom stereocenters. The molecule has 1 aromatic rings. The SMILES string of the molecule is N#Cc1c(CO)cc(C(F)F)[nH]c1=O. The number of aliphatic hydroxyl groups excluding tert-OH is 1. The first-order valence-corrected chi connectivity index (χ1v) is 3.65. The lowest BCUT2D eigenvalue weighted by molar-refractivity contribution is 0.145. The number of pyridine rings is 1. The van der Waals surface area contributed by atoms with Gasteiger partial charge in [0.25, 0.3) is 12.0 Å². The second kappa shape index (κ2) is 3.98. The van der Waals surface area contributed by atoms with Gasteiger partial charge in [0, 0.05) is 5.56 Å². The molecule has 2 N–H and O–H groups in total.